The number of urea groups is 1. The third-order valence-electron chi connectivity index (χ3n) is 5.30. The summed E-state index contributed by atoms with van der Waals surface area (Å²) >= 11 is 1.02. The Hall–Kier alpha value is -3.81. The van der Waals surface area contributed by atoms with Crippen molar-refractivity contribution in [2.45, 2.75) is 33.6 Å². The van der Waals surface area contributed by atoms with E-state index in [2.05, 4.69) is 20.0 Å². The molecule has 0 aliphatic carbocycles. The Balaban J connectivity index is 1.78. The standard InChI is InChI=1S/C24H25F4N5O4S/c1-12(2)10-29-20-19(21(35)33(5)23(36)32(20)4)13(3)8-18(34)31-22-30-16(11-38-22)14-6-7-17(15(25)9-14)37-24(26,27)28/h6-7,9,11-12H,8,10H2,1-5H3,(H,30,31,34)/b19-13-,29-20?. The van der Waals surface area contributed by atoms with Crippen molar-refractivity contribution in [3.8, 4) is 17.0 Å². The normalized spacial score (nSPS) is 16.9. The van der Waals surface area contributed by atoms with Crippen LogP contribution in [0.3, 0.4) is 0 Å². The summed E-state index contributed by atoms with van der Waals surface area (Å²) < 4.78 is 54.8. The second-order valence-electron chi connectivity index (χ2n) is 8.88. The maximum Gasteiger partial charge on any atom is 0.573 e. The highest BCUT2D eigenvalue weighted by molar-refractivity contribution is 7.14. The smallest absolute Gasteiger partial charge is 0.403 e. The average Bonchev–Trinajstić information content (AvgIpc) is 3.27. The maximum absolute atomic E-state index is 14.1. The van der Waals surface area contributed by atoms with Crippen molar-refractivity contribution in [2.75, 3.05) is 26.0 Å². The van der Waals surface area contributed by atoms with Crippen LogP contribution < -0.4 is 10.1 Å². The minimum atomic E-state index is -5.03. The number of nitrogens with zero attached hydrogens (tertiary/aromatic N) is 4. The number of amidine groups is 1. The highest BCUT2D eigenvalue weighted by Crippen LogP contribution is 2.31. The highest BCUT2D eigenvalue weighted by Gasteiger charge is 2.37. The maximum atomic E-state index is 14.1. The van der Waals surface area contributed by atoms with Crippen LogP contribution in [0.15, 0.2) is 39.7 Å². The summed E-state index contributed by atoms with van der Waals surface area (Å²) in [6.45, 7) is 5.84. The summed E-state index contributed by atoms with van der Waals surface area (Å²) in [5.74, 6) is -2.91. The second-order valence-corrected chi connectivity index (χ2v) is 9.73. The lowest BCUT2D eigenvalue weighted by molar-refractivity contribution is -0.275. The van der Waals surface area contributed by atoms with Crippen LogP contribution in [0.25, 0.3) is 11.3 Å². The highest BCUT2D eigenvalue weighted by atomic mass is 32.1. The number of nitrogens with one attached hydrogen (secondary N) is 1. The number of imide groups is 1. The molecule has 2 heterocycles. The number of ether oxygens (including phenoxy) is 1. The predicted molar refractivity (Wildman–Crippen MR) is 133 cm³/mol. The Bertz CT molecular complexity index is 1320. The summed E-state index contributed by atoms with van der Waals surface area (Å²) in [5.41, 5.74) is 0.953. The number of hydrogen-bond donors (Lipinski definition) is 1. The van der Waals surface area contributed by atoms with E-state index in [0.717, 1.165) is 28.4 Å². The van der Waals surface area contributed by atoms with Gasteiger partial charge in [-0.2, -0.15) is 0 Å². The van der Waals surface area contributed by atoms with Gasteiger partial charge in [0.05, 0.1) is 11.3 Å². The van der Waals surface area contributed by atoms with E-state index in [1.807, 2.05) is 13.8 Å². The van der Waals surface area contributed by atoms with E-state index in [-0.39, 0.29) is 40.1 Å². The first-order valence-electron chi connectivity index (χ1n) is 11.3. The van der Waals surface area contributed by atoms with Crippen LogP contribution in [0.5, 0.6) is 5.75 Å². The zero-order chi connectivity index (χ0) is 28.4. The summed E-state index contributed by atoms with van der Waals surface area (Å²) in [4.78, 5) is 48.9. The number of aromatic nitrogens is 1. The molecular formula is C24H25F4N5O4S. The molecular weight excluding hydrogens is 530 g/mol. The first kappa shape index (κ1) is 28.8. The van der Waals surface area contributed by atoms with Gasteiger partial charge < -0.3 is 10.1 Å². The van der Waals surface area contributed by atoms with Crippen LogP contribution >= 0.6 is 11.3 Å². The largest absolute Gasteiger partial charge is 0.573 e. The van der Waals surface area contributed by atoms with Gasteiger partial charge in [-0.05, 0) is 36.6 Å². The summed E-state index contributed by atoms with van der Waals surface area (Å²) in [5, 5.41) is 4.25. The number of hydrogen-bond acceptors (Lipinski definition) is 7. The van der Waals surface area contributed by atoms with Gasteiger partial charge >= 0.3 is 12.4 Å². The Morgan fingerprint density at radius 1 is 1.21 bits per heavy atom. The van der Waals surface area contributed by atoms with E-state index in [1.54, 1.807) is 6.92 Å². The van der Waals surface area contributed by atoms with Gasteiger partial charge in [0.2, 0.25) is 5.91 Å². The molecule has 1 fully saturated rings. The average molecular weight is 556 g/mol. The van der Waals surface area contributed by atoms with Crippen LogP contribution in [0, 0.1) is 11.7 Å². The van der Waals surface area contributed by atoms with Crippen molar-refractivity contribution in [2.24, 2.45) is 10.9 Å². The molecule has 0 unspecified atom stereocenters. The molecule has 1 aromatic carbocycles. The molecule has 9 nitrogen and oxygen atoms in total. The van der Waals surface area contributed by atoms with Gasteiger partial charge in [0.25, 0.3) is 5.91 Å². The summed E-state index contributed by atoms with van der Waals surface area (Å²) in [6.07, 6.45) is -5.23. The number of anilines is 1. The molecule has 0 bridgehead atoms. The molecule has 0 radical (unpaired) electrons. The molecule has 1 aromatic heterocycles. The second kappa shape index (κ2) is 11.3. The number of rotatable bonds is 7. The molecule has 38 heavy (non-hydrogen) atoms. The van der Waals surface area contributed by atoms with Crippen LogP contribution in [0.1, 0.15) is 27.2 Å². The number of amides is 4. The minimum absolute atomic E-state index is 0.155. The molecule has 0 saturated carbocycles. The zero-order valence-electron chi connectivity index (χ0n) is 21.1. The molecule has 1 N–H and O–H groups in total. The van der Waals surface area contributed by atoms with E-state index in [0.29, 0.717) is 12.1 Å². The lowest BCUT2D eigenvalue weighted by Gasteiger charge is -2.33. The molecule has 1 saturated heterocycles. The van der Waals surface area contributed by atoms with Crippen LogP contribution in [-0.2, 0) is 9.59 Å². The number of aliphatic imine (C=N–C) groups is 1. The number of halogens is 4. The van der Waals surface area contributed by atoms with E-state index in [1.165, 1.54) is 30.4 Å². The lowest BCUT2D eigenvalue weighted by atomic mass is 10.0. The summed E-state index contributed by atoms with van der Waals surface area (Å²) in [7, 11) is 2.84. The van der Waals surface area contributed by atoms with Crippen LogP contribution in [0.4, 0.5) is 27.5 Å². The van der Waals surface area contributed by atoms with Crippen LogP contribution in [0.2, 0.25) is 0 Å². The van der Waals surface area contributed by atoms with Gasteiger partial charge in [-0.3, -0.25) is 24.4 Å². The van der Waals surface area contributed by atoms with E-state index < -0.39 is 35.8 Å². The topological polar surface area (TPSA) is 104 Å². The fraction of sp³-hybridized carbons (Fsp3) is 0.375. The number of alkyl halides is 3. The van der Waals surface area contributed by atoms with Gasteiger partial charge in [0.15, 0.2) is 16.7 Å². The third-order valence-corrected chi connectivity index (χ3v) is 6.05. The van der Waals surface area contributed by atoms with Gasteiger partial charge in [0.1, 0.15) is 5.84 Å². The lowest BCUT2D eigenvalue weighted by Crippen LogP contribution is -2.53. The Morgan fingerprint density at radius 2 is 1.89 bits per heavy atom. The van der Waals surface area contributed by atoms with Gasteiger partial charge in [-0.1, -0.05) is 13.8 Å². The van der Waals surface area contributed by atoms with Crippen molar-refractivity contribution in [1.82, 2.24) is 14.8 Å². The fourth-order valence-corrected chi connectivity index (χ4v) is 4.22. The minimum Gasteiger partial charge on any atom is -0.403 e. The predicted octanol–water partition coefficient (Wildman–Crippen LogP) is 5.07. The first-order valence-corrected chi connectivity index (χ1v) is 12.2. The molecule has 3 rings (SSSR count). The Morgan fingerprint density at radius 3 is 2.50 bits per heavy atom. The molecule has 0 spiro atoms. The number of carbonyl (C=O) groups is 3. The zero-order valence-corrected chi connectivity index (χ0v) is 22.0. The molecule has 4 amide bonds. The quantitative estimate of drug-likeness (QED) is 0.380. The van der Waals surface area contributed by atoms with Crippen molar-refractivity contribution >= 4 is 40.1 Å². The monoisotopic (exact) mass is 555 g/mol. The third kappa shape index (κ3) is 6.73. The van der Waals surface area contributed by atoms with Crippen molar-refractivity contribution < 1.29 is 36.7 Å². The molecule has 14 heteroatoms. The van der Waals surface area contributed by atoms with Crippen molar-refractivity contribution in [3.05, 3.63) is 40.5 Å². The summed E-state index contributed by atoms with van der Waals surface area (Å²) in [6, 6.07) is 2.35. The SMILES string of the molecule is C/C(CC(=O)Nc1nc(-c2ccc(OC(F)(F)F)c(F)c2)cs1)=C1/C(=O)N(C)C(=O)N(C)C1=NCC(C)C. The van der Waals surface area contributed by atoms with E-state index in [4.69, 9.17) is 0 Å². The number of benzene rings is 1. The number of carbonyl (C=O) groups excluding carboxylic acids is 3. The molecule has 2 aromatic rings. The van der Waals surface area contributed by atoms with Crippen LogP contribution in [-0.4, -0.2) is 65.5 Å². The molecule has 1 aliphatic heterocycles. The van der Waals surface area contributed by atoms with Gasteiger partial charge in [-0.25, -0.2) is 14.2 Å². The number of likely N-dealkylation sites (N-methyl/N-ethyl adjacent to an activating group) is 2. The molecule has 0 atom stereocenters. The van der Waals surface area contributed by atoms with E-state index >= 15 is 0 Å². The molecule has 204 valence electrons. The first-order chi connectivity index (χ1) is 17.7. The Labute approximate surface area is 219 Å². The van der Waals surface area contributed by atoms with Crippen molar-refractivity contribution in [1.29, 1.82) is 0 Å². The van der Waals surface area contributed by atoms with Crippen molar-refractivity contribution in [3.63, 3.8) is 0 Å². The number of thiazole rings is 1. The Kier molecular flexibility index (Phi) is 8.54. The van der Waals surface area contributed by atoms with Gasteiger partial charge in [0, 0.05) is 38.0 Å². The van der Waals surface area contributed by atoms with E-state index in [9.17, 15) is 31.9 Å². The fourth-order valence-electron chi connectivity index (χ4n) is 3.49. The van der Waals surface area contributed by atoms with Gasteiger partial charge in [-0.15, -0.1) is 24.5 Å². The molecule has 1 aliphatic rings.